The molecule has 0 radical (unpaired) electrons. The maximum absolute atomic E-state index is 13.2. The minimum Gasteiger partial charge on any atom is -0.494 e. The first-order valence-corrected chi connectivity index (χ1v) is 12.1. The van der Waals surface area contributed by atoms with E-state index < -0.39 is 10.0 Å². The van der Waals surface area contributed by atoms with Crippen LogP contribution in [0.5, 0.6) is 5.75 Å². The van der Waals surface area contributed by atoms with Gasteiger partial charge in [-0.05, 0) is 62.7 Å². The number of amides is 1. The van der Waals surface area contributed by atoms with Gasteiger partial charge in [0.15, 0.2) is 0 Å². The summed E-state index contributed by atoms with van der Waals surface area (Å²) in [7, 11) is -2.13. The van der Waals surface area contributed by atoms with Gasteiger partial charge < -0.3 is 9.64 Å². The summed E-state index contributed by atoms with van der Waals surface area (Å²) in [6.07, 6.45) is 0. The molecule has 3 rings (SSSR count). The van der Waals surface area contributed by atoms with Gasteiger partial charge in [-0.2, -0.15) is 0 Å². The molecule has 3 aromatic rings. The molecule has 1 atom stereocenters. The molecule has 0 fully saturated rings. The minimum atomic E-state index is -3.82. The largest absolute Gasteiger partial charge is 0.494 e. The second kappa shape index (κ2) is 9.17. The van der Waals surface area contributed by atoms with E-state index in [9.17, 15) is 13.2 Å². The molecule has 0 saturated heterocycles. The van der Waals surface area contributed by atoms with Crippen molar-refractivity contribution in [1.82, 2.24) is 9.88 Å². The number of benzene rings is 2. The third-order valence-electron chi connectivity index (χ3n) is 4.97. The molecule has 31 heavy (non-hydrogen) atoms. The Balaban J connectivity index is 1.84. The lowest BCUT2D eigenvalue weighted by molar-refractivity contribution is 0.0746. The molecule has 0 bridgehead atoms. The Morgan fingerprint density at radius 1 is 1.23 bits per heavy atom. The number of carbonyl (C=O) groups is 1. The molecule has 0 spiro atoms. The number of nitrogens with zero attached hydrogens (tertiary/aromatic N) is 2. The van der Waals surface area contributed by atoms with Crippen molar-refractivity contribution >= 4 is 27.3 Å². The van der Waals surface area contributed by atoms with Gasteiger partial charge in [0.2, 0.25) is 10.0 Å². The van der Waals surface area contributed by atoms with Crippen LogP contribution in [0.3, 0.4) is 0 Å². The summed E-state index contributed by atoms with van der Waals surface area (Å²) in [6, 6.07) is 13.6. The molecule has 1 aromatic heterocycles. The Morgan fingerprint density at radius 2 is 1.90 bits per heavy atom. The summed E-state index contributed by atoms with van der Waals surface area (Å²) in [5, 5.41) is 5.99. The zero-order valence-electron chi connectivity index (χ0n) is 17.8. The number of nitrogens with two attached hydrogens (primary N) is 1. The van der Waals surface area contributed by atoms with Crippen LogP contribution in [0.2, 0.25) is 0 Å². The van der Waals surface area contributed by atoms with Gasteiger partial charge in [-0.3, -0.25) is 4.79 Å². The number of ether oxygens (including phenoxy) is 1. The maximum Gasteiger partial charge on any atom is 0.266 e. The Hall–Kier alpha value is -2.75. The molecule has 2 aromatic carbocycles. The number of hydrogen-bond donors (Lipinski definition) is 1. The standard InChI is InChI=1S/C22H25N3O4S2/c1-5-29-18-11-9-16(10-12-18)21-24-14(2)20(30-21)22(26)25(4)15(3)17-7-6-8-19(13-17)31(23,27)28/h6-13,15H,5H2,1-4H3,(H2,23,27,28). The normalized spacial score (nSPS) is 12.4. The average molecular weight is 460 g/mol. The molecule has 1 amide bonds. The van der Waals surface area contributed by atoms with Crippen LogP contribution in [0.4, 0.5) is 0 Å². The first-order valence-electron chi connectivity index (χ1n) is 9.72. The maximum atomic E-state index is 13.2. The van der Waals surface area contributed by atoms with E-state index >= 15 is 0 Å². The van der Waals surface area contributed by atoms with E-state index in [4.69, 9.17) is 9.88 Å². The molecule has 0 saturated carbocycles. The third kappa shape index (κ3) is 5.12. The van der Waals surface area contributed by atoms with Crippen molar-refractivity contribution in [2.45, 2.75) is 31.7 Å². The van der Waals surface area contributed by atoms with Crippen LogP contribution in [0.25, 0.3) is 10.6 Å². The molecule has 7 nitrogen and oxygen atoms in total. The van der Waals surface area contributed by atoms with E-state index in [1.165, 1.54) is 23.5 Å². The van der Waals surface area contributed by atoms with E-state index in [2.05, 4.69) is 4.98 Å². The van der Waals surface area contributed by atoms with E-state index in [0.717, 1.165) is 16.3 Å². The van der Waals surface area contributed by atoms with Crippen molar-refractivity contribution < 1.29 is 17.9 Å². The first-order chi connectivity index (χ1) is 14.6. The van der Waals surface area contributed by atoms with Crippen LogP contribution >= 0.6 is 11.3 Å². The Kier molecular flexibility index (Phi) is 6.78. The minimum absolute atomic E-state index is 0.0180. The highest BCUT2D eigenvalue weighted by atomic mass is 32.2. The van der Waals surface area contributed by atoms with Crippen LogP contribution in [-0.4, -0.2) is 37.9 Å². The van der Waals surface area contributed by atoms with Crippen LogP contribution < -0.4 is 9.88 Å². The van der Waals surface area contributed by atoms with Crippen molar-refractivity contribution in [3.63, 3.8) is 0 Å². The topological polar surface area (TPSA) is 103 Å². The van der Waals surface area contributed by atoms with Crippen molar-refractivity contribution in [2.24, 2.45) is 5.14 Å². The van der Waals surface area contributed by atoms with Gasteiger partial charge >= 0.3 is 0 Å². The number of carbonyl (C=O) groups excluding carboxylic acids is 1. The van der Waals surface area contributed by atoms with Gasteiger partial charge in [0.25, 0.3) is 5.91 Å². The van der Waals surface area contributed by atoms with Gasteiger partial charge in [0, 0.05) is 12.6 Å². The van der Waals surface area contributed by atoms with Gasteiger partial charge in [-0.1, -0.05) is 12.1 Å². The molecule has 0 aliphatic heterocycles. The van der Waals surface area contributed by atoms with E-state index in [1.54, 1.807) is 24.1 Å². The quantitative estimate of drug-likeness (QED) is 0.575. The van der Waals surface area contributed by atoms with Gasteiger partial charge in [-0.25, -0.2) is 18.5 Å². The fourth-order valence-corrected chi connectivity index (χ4v) is 4.71. The van der Waals surface area contributed by atoms with E-state index in [-0.39, 0.29) is 16.8 Å². The number of aryl methyl sites for hydroxylation is 1. The van der Waals surface area contributed by atoms with Crippen molar-refractivity contribution in [3.8, 4) is 16.3 Å². The molecule has 2 N–H and O–H groups in total. The molecular weight excluding hydrogens is 434 g/mol. The van der Waals surface area contributed by atoms with E-state index in [1.807, 2.05) is 45.0 Å². The smallest absolute Gasteiger partial charge is 0.266 e. The molecule has 164 valence electrons. The van der Waals surface area contributed by atoms with Gasteiger partial charge in [-0.15, -0.1) is 11.3 Å². The lowest BCUT2D eigenvalue weighted by Gasteiger charge is -2.25. The zero-order valence-corrected chi connectivity index (χ0v) is 19.5. The second-order valence-electron chi connectivity index (χ2n) is 7.10. The molecule has 1 heterocycles. The van der Waals surface area contributed by atoms with Gasteiger partial charge in [0.1, 0.15) is 15.6 Å². The SMILES string of the molecule is CCOc1ccc(-c2nc(C)c(C(=O)N(C)C(C)c3cccc(S(N)(=O)=O)c3)s2)cc1. The highest BCUT2D eigenvalue weighted by molar-refractivity contribution is 7.89. The Labute approximate surface area is 186 Å². The van der Waals surface area contributed by atoms with Crippen molar-refractivity contribution in [2.75, 3.05) is 13.7 Å². The number of sulfonamides is 1. The summed E-state index contributed by atoms with van der Waals surface area (Å²) >= 11 is 1.33. The lowest BCUT2D eigenvalue weighted by atomic mass is 10.1. The Morgan fingerprint density at radius 3 is 2.52 bits per heavy atom. The number of rotatable bonds is 7. The summed E-state index contributed by atoms with van der Waals surface area (Å²) < 4.78 is 28.8. The predicted molar refractivity (Wildman–Crippen MR) is 122 cm³/mol. The summed E-state index contributed by atoms with van der Waals surface area (Å²) in [5.74, 6) is 0.604. The van der Waals surface area contributed by atoms with Crippen LogP contribution in [0.15, 0.2) is 53.4 Å². The monoisotopic (exact) mass is 459 g/mol. The fraction of sp³-hybridized carbons (Fsp3) is 0.273. The molecule has 0 aliphatic carbocycles. The second-order valence-corrected chi connectivity index (χ2v) is 9.66. The zero-order chi connectivity index (χ0) is 22.8. The number of primary sulfonamides is 1. The number of aromatic nitrogens is 1. The molecule has 0 aliphatic rings. The predicted octanol–water partition coefficient (Wildman–Crippen LogP) is 4.00. The van der Waals surface area contributed by atoms with Crippen molar-refractivity contribution in [3.05, 3.63) is 64.7 Å². The highest BCUT2D eigenvalue weighted by Gasteiger charge is 2.24. The van der Waals surface area contributed by atoms with Crippen molar-refractivity contribution in [1.29, 1.82) is 0 Å². The van der Waals surface area contributed by atoms with E-state index in [0.29, 0.717) is 22.7 Å². The molecular formula is C22H25N3O4S2. The summed E-state index contributed by atoms with van der Waals surface area (Å²) in [4.78, 5) is 19.9. The molecule has 1 unspecified atom stereocenters. The molecule has 9 heteroatoms. The fourth-order valence-electron chi connectivity index (χ4n) is 3.09. The Bertz CT molecular complexity index is 1190. The summed E-state index contributed by atoms with van der Waals surface area (Å²) in [5.41, 5.74) is 2.24. The first kappa shape index (κ1) is 22.9. The lowest BCUT2D eigenvalue weighted by Crippen LogP contribution is -2.29. The number of hydrogen-bond acceptors (Lipinski definition) is 6. The van der Waals surface area contributed by atoms with Crippen LogP contribution in [0, 0.1) is 6.92 Å². The number of thiazole rings is 1. The van der Waals surface area contributed by atoms with Crippen LogP contribution in [0.1, 0.15) is 40.8 Å². The van der Waals surface area contributed by atoms with Crippen LogP contribution in [-0.2, 0) is 10.0 Å². The third-order valence-corrected chi connectivity index (χ3v) is 7.08. The average Bonchev–Trinajstić information content (AvgIpc) is 3.14. The van der Waals surface area contributed by atoms with Gasteiger partial charge in [0.05, 0.1) is 23.2 Å². The highest BCUT2D eigenvalue weighted by Crippen LogP contribution is 2.31. The summed E-state index contributed by atoms with van der Waals surface area (Å²) in [6.45, 7) is 6.17.